The highest BCUT2D eigenvalue weighted by atomic mass is 32.1. The van der Waals surface area contributed by atoms with Gasteiger partial charge in [0, 0.05) is 16.7 Å². The highest BCUT2D eigenvalue weighted by Crippen LogP contribution is 2.43. The fourth-order valence-corrected chi connectivity index (χ4v) is 4.46. The number of nitriles is 1. The lowest BCUT2D eigenvalue weighted by molar-refractivity contribution is 0.414. The number of thiazole rings is 1. The molecule has 150 valence electrons. The SMILES string of the molecule is COc1ccc(C2=CC(=C(C#N)c3nc4ccccc4s3)c3cc(O)ccc3O2)cc1. The van der Waals surface area contributed by atoms with Gasteiger partial charge in [0.15, 0.2) is 0 Å². The summed E-state index contributed by atoms with van der Waals surface area (Å²) >= 11 is 1.46. The van der Waals surface area contributed by atoms with E-state index in [1.807, 2.05) is 54.6 Å². The van der Waals surface area contributed by atoms with Crippen LogP contribution < -0.4 is 9.47 Å². The molecule has 0 aliphatic carbocycles. The van der Waals surface area contributed by atoms with Crippen LogP contribution in [0.3, 0.4) is 0 Å². The fraction of sp³-hybridized carbons (Fsp3) is 0.0400. The van der Waals surface area contributed by atoms with Crippen LogP contribution in [0.2, 0.25) is 0 Å². The minimum absolute atomic E-state index is 0.0998. The Morgan fingerprint density at radius 1 is 1.10 bits per heavy atom. The Morgan fingerprint density at radius 2 is 1.90 bits per heavy atom. The number of hydrogen-bond donors (Lipinski definition) is 1. The van der Waals surface area contributed by atoms with E-state index in [0.29, 0.717) is 33.2 Å². The van der Waals surface area contributed by atoms with Gasteiger partial charge < -0.3 is 14.6 Å². The van der Waals surface area contributed by atoms with E-state index in [9.17, 15) is 10.4 Å². The molecule has 6 heteroatoms. The highest BCUT2D eigenvalue weighted by molar-refractivity contribution is 7.19. The average Bonchev–Trinajstić information content (AvgIpc) is 3.23. The van der Waals surface area contributed by atoms with Crippen molar-refractivity contribution in [1.29, 1.82) is 5.26 Å². The number of benzene rings is 3. The first-order valence-electron chi connectivity index (χ1n) is 9.54. The summed E-state index contributed by atoms with van der Waals surface area (Å²) in [6.45, 7) is 0. The van der Waals surface area contributed by atoms with Gasteiger partial charge in [-0.25, -0.2) is 4.98 Å². The first-order valence-corrected chi connectivity index (χ1v) is 10.4. The summed E-state index contributed by atoms with van der Waals surface area (Å²) in [7, 11) is 1.62. The summed E-state index contributed by atoms with van der Waals surface area (Å²) in [5, 5.41) is 20.8. The third-order valence-electron chi connectivity index (χ3n) is 5.01. The molecule has 1 aliphatic heterocycles. The Balaban J connectivity index is 1.73. The molecule has 1 N–H and O–H groups in total. The largest absolute Gasteiger partial charge is 0.508 e. The number of phenols is 1. The van der Waals surface area contributed by atoms with Crippen molar-refractivity contribution in [3.63, 3.8) is 0 Å². The average molecular weight is 424 g/mol. The standard InChI is InChI=1S/C25H16N2O3S/c1-29-17-9-6-15(7-10-17)23-13-18(19-12-16(28)8-11-22(19)30-23)20(14-26)25-27-21-4-2-3-5-24(21)31-25/h2-13,28H,1H3. The molecule has 0 spiro atoms. The number of allylic oxidation sites excluding steroid dienone is 3. The summed E-state index contributed by atoms with van der Waals surface area (Å²) in [5.74, 6) is 2.01. The molecule has 31 heavy (non-hydrogen) atoms. The minimum Gasteiger partial charge on any atom is -0.508 e. The van der Waals surface area contributed by atoms with Crippen LogP contribution in [0, 0.1) is 11.3 Å². The number of aromatic hydroxyl groups is 1. The molecule has 0 fully saturated rings. The molecule has 5 nitrogen and oxygen atoms in total. The molecule has 5 rings (SSSR count). The van der Waals surface area contributed by atoms with Crippen LogP contribution >= 0.6 is 11.3 Å². The van der Waals surface area contributed by atoms with Crippen molar-refractivity contribution in [1.82, 2.24) is 4.98 Å². The van der Waals surface area contributed by atoms with Gasteiger partial charge in [-0.15, -0.1) is 11.3 Å². The molecular weight excluding hydrogens is 408 g/mol. The number of methoxy groups -OCH3 is 1. The van der Waals surface area contributed by atoms with Gasteiger partial charge in [0.2, 0.25) is 0 Å². The van der Waals surface area contributed by atoms with E-state index in [0.717, 1.165) is 21.5 Å². The third kappa shape index (κ3) is 3.41. The molecule has 0 bridgehead atoms. The second-order valence-electron chi connectivity index (χ2n) is 6.91. The Labute approximate surface area is 182 Å². The van der Waals surface area contributed by atoms with Gasteiger partial charge >= 0.3 is 0 Å². The molecule has 3 aromatic carbocycles. The number of aromatic nitrogens is 1. The van der Waals surface area contributed by atoms with Crippen molar-refractivity contribution in [2.24, 2.45) is 0 Å². The molecule has 1 aliphatic rings. The fourth-order valence-electron chi connectivity index (χ4n) is 3.48. The van der Waals surface area contributed by atoms with Gasteiger partial charge in [-0.2, -0.15) is 5.26 Å². The molecule has 0 saturated carbocycles. The quantitative estimate of drug-likeness (QED) is 0.416. The first kappa shape index (κ1) is 18.9. The van der Waals surface area contributed by atoms with Gasteiger partial charge in [-0.3, -0.25) is 0 Å². The zero-order chi connectivity index (χ0) is 21.4. The van der Waals surface area contributed by atoms with Crippen molar-refractivity contribution in [2.45, 2.75) is 0 Å². The topological polar surface area (TPSA) is 75.4 Å². The number of fused-ring (bicyclic) bond motifs is 2. The van der Waals surface area contributed by atoms with E-state index in [2.05, 4.69) is 11.1 Å². The second kappa shape index (κ2) is 7.63. The minimum atomic E-state index is 0.0998. The van der Waals surface area contributed by atoms with E-state index in [1.54, 1.807) is 25.3 Å². The maximum atomic E-state index is 10.1. The van der Waals surface area contributed by atoms with E-state index in [4.69, 9.17) is 9.47 Å². The van der Waals surface area contributed by atoms with Gasteiger partial charge in [0.25, 0.3) is 0 Å². The summed E-state index contributed by atoms with van der Waals surface area (Å²) < 4.78 is 12.4. The van der Waals surface area contributed by atoms with E-state index >= 15 is 0 Å². The summed E-state index contributed by atoms with van der Waals surface area (Å²) in [6, 6.07) is 22.5. The van der Waals surface area contributed by atoms with Gasteiger partial charge in [-0.05, 0) is 60.7 Å². The molecule has 4 aromatic rings. The molecule has 0 unspecified atom stereocenters. The van der Waals surface area contributed by atoms with E-state index < -0.39 is 0 Å². The number of hydrogen-bond acceptors (Lipinski definition) is 6. The smallest absolute Gasteiger partial charge is 0.135 e. The first-order chi connectivity index (χ1) is 15.2. The van der Waals surface area contributed by atoms with Crippen LogP contribution in [-0.4, -0.2) is 17.2 Å². The lowest BCUT2D eigenvalue weighted by Gasteiger charge is -2.21. The summed E-state index contributed by atoms with van der Waals surface area (Å²) in [4.78, 5) is 4.66. The Morgan fingerprint density at radius 3 is 2.65 bits per heavy atom. The number of para-hydroxylation sites is 1. The molecular formula is C25H16N2O3S. The number of phenolic OH excluding ortho intramolecular Hbond substituents is 1. The van der Waals surface area contributed by atoms with Crippen molar-refractivity contribution in [2.75, 3.05) is 7.11 Å². The summed E-state index contributed by atoms with van der Waals surface area (Å²) in [5.41, 5.74) is 3.43. The monoisotopic (exact) mass is 424 g/mol. The van der Waals surface area contributed by atoms with Crippen molar-refractivity contribution < 1.29 is 14.6 Å². The van der Waals surface area contributed by atoms with Gasteiger partial charge in [0.05, 0.1) is 22.9 Å². The normalized spacial score (nSPS) is 14.3. The zero-order valence-corrected chi connectivity index (χ0v) is 17.3. The summed E-state index contributed by atoms with van der Waals surface area (Å²) in [6.07, 6.45) is 1.83. The van der Waals surface area contributed by atoms with Crippen molar-refractivity contribution in [3.8, 4) is 23.3 Å². The van der Waals surface area contributed by atoms with Crippen molar-refractivity contribution >= 4 is 38.5 Å². The number of nitrogens with zero attached hydrogens (tertiary/aromatic N) is 2. The molecule has 1 aromatic heterocycles. The lowest BCUT2D eigenvalue weighted by Crippen LogP contribution is -2.05. The van der Waals surface area contributed by atoms with Gasteiger partial charge in [-0.1, -0.05) is 12.1 Å². The van der Waals surface area contributed by atoms with Crippen LogP contribution in [0.5, 0.6) is 17.2 Å². The number of rotatable bonds is 3. The predicted octanol–water partition coefficient (Wildman–Crippen LogP) is 5.88. The third-order valence-corrected chi connectivity index (χ3v) is 6.07. The van der Waals surface area contributed by atoms with Crippen LogP contribution in [0.15, 0.2) is 72.8 Å². The van der Waals surface area contributed by atoms with Crippen molar-refractivity contribution in [3.05, 3.63) is 88.9 Å². The second-order valence-corrected chi connectivity index (χ2v) is 7.94. The Kier molecular flexibility index (Phi) is 4.66. The molecule has 0 atom stereocenters. The Hall–Kier alpha value is -4.08. The zero-order valence-electron chi connectivity index (χ0n) is 16.5. The maximum absolute atomic E-state index is 10.1. The molecule has 0 radical (unpaired) electrons. The molecule has 2 heterocycles. The van der Waals surface area contributed by atoms with E-state index in [1.165, 1.54) is 11.3 Å². The van der Waals surface area contributed by atoms with Crippen LogP contribution in [0.25, 0.3) is 27.1 Å². The van der Waals surface area contributed by atoms with Crippen LogP contribution in [0.1, 0.15) is 16.1 Å². The maximum Gasteiger partial charge on any atom is 0.135 e. The van der Waals surface area contributed by atoms with E-state index in [-0.39, 0.29) is 5.75 Å². The van der Waals surface area contributed by atoms with Crippen LogP contribution in [-0.2, 0) is 0 Å². The number of ether oxygens (including phenoxy) is 2. The molecule has 0 amide bonds. The van der Waals surface area contributed by atoms with Crippen LogP contribution in [0.4, 0.5) is 0 Å². The molecule has 0 saturated heterocycles. The highest BCUT2D eigenvalue weighted by Gasteiger charge is 2.24. The predicted molar refractivity (Wildman–Crippen MR) is 122 cm³/mol. The lowest BCUT2D eigenvalue weighted by atomic mass is 9.95. The van der Waals surface area contributed by atoms with Gasteiger partial charge in [0.1, 0.15) is 34.1 Å². The Bertz CT molecular complexity index is 1380.